The highest BCUT2D eigenvalue weighted by Gasteiger charge is 2.12. The molecule has 134 valence electrons. The van der Waals surface area contributed by atoms with E-state index >= 15 is 0 Å². The highest BCUT2D eigenvalue weighted by atomic mass is 32.2. The second-order valence-electron chi connectivity index (χ2n) is 5.75. The molecule has 6 heteroatoms. The molecule has 0 N–H and O–H groups in total. The predicted octanol–water partition coefficient (Wildman–Crippen LogP) is 3.83. The topological polar surface area (TPSA) is 42.6 Å². The van der Waals surface area contributed by atoms with Crippen molar-refractivity contribution in [2.45, 2.75) is 4.90 Å². The minimum Gasteiger partial charge on any atom is -0.493 e. The third-order valence-corrected chi connectivity index (χ3v) is 4.56. The summed E-state index contributed by atoms with van der Waals surface area (Å²) in [6.07, 6.45) is 5.43. The van der Waals surface area contributed by atoms with Crippen LogP contribution in [0.1, 0.15) is 5.56 Å². The number of para-hydroxylation sites is 1. The van der Waals surface area contributed by atoms with E-state index in [-0.39, 0.29) is 0 Å². The number of nitrogens with zero attached hydrogens (tertiary/aromatic N) is 4. The first-order chi connectivity index (χ1) is 12.7. The van der Waals surface area contributed by atoms with Gasteiger partial charge in [0.15, 0.2) is 5.84 Å². The fourth-order valence-electron chi connectivity index (χ4n) is 2.42. The largest absolute Gasteiger partial charge is 0.493 e. The average Bonchev–Trinajstić information content (AvgIpc) is 3.19. The van der Waals surface area contributed by atoms with Gasteiger partial charge in [0.2, 0.25) is 0 Å². The number of aromatic nitrogens is 2. The smallest absolute Gasteiger partial charge is 0.166 e. The van der Waals surface area contributed by atoms with E-state index in [1.54, 1.807) is 29.3 Å². The maximum Gasteiger partial charge on any atom is 0.166 e. The Hall–Kier alpha value is -2.73. The zero-order chi connectivity index (χ0) is 18.2. The lowest BCUT2D eigenvalue weighted by Gasteiger charge is -2.15. The van der Waals surface area contributed by atoms with Crippen molar-refractivity contribution in [2.24, 2.45) is 5.10 Å². The van der Waals surface area contributed by atoms with Gasteiger partial charge in [0.05, 0.1) is 6.61 Å². The summed E-state index contributed by atoms with van der Waals surface area (Å²) in [4.78, 5) is 5.32. The van der Waals surface area contributed by atoms with Gasteiger partial charge in [0, 0.05) is 42.7 Å². The Balaban J connectivity index is 1.72. The Labute approximate surface area is 158 Å². The second kappa shape index (κ2) is 9.10. The van der Waals surface area contributed by atoms with Crippen molar-refractivity contribution >= 4 is 17.6 Å². The third-order valence-electron chi connectivity index (χ3n) is 3.52. The maximum absolute atomic E-state index is 5.79. The molecule has 3 rings (SSSR count). The molecule has 0 unspecified atom stereocenters. The number of imidazole rings is 1. The van der Waals surface area contributed by atoms with Crippen molar-refractivity contribution in [3.8, 4) is 5.75 Å². The summed E-state index contributed by atoms with van der Waals surface area (Å²) >= 11 is 1.76. The summed E-state index contributed by atoms with van der Waals surface area (Å²) in [6.45, 7) is 0.647. The molecule has 0 aliphatic heterocycles. The Kier molecular flexibility index (Phi) is 6.33. The van der Waals surface area contributed by atoms with Crippen LogP contribution < -0.4 is 4.74 Å². The lowest BCUT2D eigenvalue weighted by atomic mass is 10.2. The van der Waals surface area contributed by atoms with Crippen LogP contribution in [0.3, 0.4) is 0 Å². The molecule has 0 bridgehead atoms. The maximum atomic E-state index is 5.79. The normalized spacial score (nSPS) is 11.4. The molecule has 0 aliphatic rings. The van der Waals surface area contributed by atoms with Crippen LogP contribution in [0.25, 0.3) is 0 Å². The first kappa shape index (κ1) is 18.1. The molecule has 0 saturated carbocycles. The summed E-state index contributed by atoms with van der Waals surface area (Å²) < 4.78 is 7.72. The molecule has 1 heterocycles. The van der Waals surface area contributed by atoms with E-state index in [0.29, 0.717) is 6.61 Å². The molecule has 0 aliphatic carbocycles. The number of benzene rings is 2. The number of rotatable bonds is 7. The molecule has 0 atom stereocenters. The minimum absolute atomic E-state index is 0.647. The van der Waals surface area contributed by atoms with Gasteiger partial charge in [-0.25, -0.2) is 4.98 Å². The first-order valence-corrected chi connectivity index (χ1v) is 9.37. The lowest BCUT2D eigenvalue weighted by Crippen LogP contribution is -2.18. The Morgan fingerprint density at radius 2 is 1.88 bits per heavy atom. The van der Waals surface area contributed by atoms with Crippen molar-refractivity contribution in [2.75, 3.05) is 26.5 Å². The average molecular weight is 366 g/mol. The summed E-state index contributed by atoms with van der Waals surface area (Å²) in [5.74, 6) is 2.60. The van der Waals surface area contributed by atoms with Crippen LogP contribution in [-0.2, 0) is 0 Å². The van der Waals surface area contributed by atoms with E-state index in [2.05, 4.69) is 22.2 Å². The quantitative estimate of drug-likeness (QED) is 0.210. The molecular formula is C20H22N4OS. The van der Waals surface area contributed by atoms with E-state index in [4.69, 9.17) is 4.74 Å². The Bertz CT molecular complexity index is 832. The number of thioether (sulfide) groups is 1. The standard InChI is InChI=1S/C20H22N4OS/c1-23(2)22-20(24-13-12-21-16-24)18-10-6-7-11-19(18)26-15-14-25-17-8-4-3-5-9-17/h3-13,16H,14-15H2,1-2H3/b22-20-. The van der Waals surface area contributed by atoms with E-state index in [9.17, 15) is 0 Å². The van der Waals surface area contributed by atoms with E-state index in [1.165, 1.54) is 4.90 Å². The fourth-order valence-corrected chi connectivity index (χ4v) is 3.30. The van der Waals surface area contributed by atoms with Crippen LogP contribution in [0.2, 0.25) is 0 Å². The molecule has 0 saturated heterocycles. The van der Waals surface area contributed by atoms with E-state index < -0.39 is 0 Å². The number of hydrogen-bond donors (Lipinski definition) is 0. The summed E-state index contributed by atoms with van der Waals surface area (Å²) in [5.41, 5.74) is 1.07. The zero-order valence-electron chi connectivity index (χ0n) is 14.9. The van der Waals surface area contributed by atoms with Gasteiger partial charge >= 0.3 is 0 Å². The van der Waals surface area contributed by atoms with Crippen LogP contribution in [-0.4, -0.2) is 46.9 Å². The number of ether oxygens (including phenoxy) is 1. The summed E-state index contributed by atoms with van der Waals surface area (Å²) in [7, 11) is 3.83. The van der Waals surface area contributed by atoms with Gasteiger partial charge in [-0.2, -0.15) is 5.10 Å². The van der Waals surface area contributed by atoms with Gasteiger partial charge in [0.1, 0.15) is 12.1 Å². The predicted molar refractivity (Wildman–Crippen MR) is 107 cm³/mol. The van der Waals surface area contributed by atoms with Gasteiger partial charge < -0.3 is 9.75 Å². The van der Waals surface area contributed by atoms with Gasteiger partial charge in [-0.15, -0.1) is 11.8 Å². The SMILES string of the molecule is CN(C)/N=C(/c1ccccc1SCCOc1ccccc1)n1ccnc1. The highest BCUT2D eigenvalue weighted by Crippen LogP contribution is 2.24. The molecule has 0 amide bonds. The first-order valence-electron chi connectivity index (χ1n) is 8.38. The van der Waals surface area contributed by atoms with Gasteiger partial charge in [-0.1, -0.05) is 36.4 Å². The highest BCUT2D eigenvalue weighted by molar-refractivity contribution is 7.99. The van der Waals surface area contributed by atoms with Crippen LogP contribution in [0.4, 0.5) is 0 Å². The monoisotopic (exact) mass is 366 g/mol. The molecule has 2 aromatic carbocycles. The van der Waals surface area contributed by atoms with Crippen LogP contribution in [0, 0.1) is 0 Å². The lowest BCUT2D eigenvalue weighted by molar-refractivity contribution is 0.344. The molecular weight excluding hydrogens is 344 g/mol. The summed E-state index contributed by atoms with van der Waals surface area (Å²) in [6, 6.07) is 18.2. The Morgan fingerprint density at radius 3 is 2.62 bits per heavy atom. The molecule has 26 heavy (non-hydrogen) atoms. The van der Waals surface area contributed by atoms with Gasteiger partial charge in [-0.3, -0.25) is 4.57 Å². The number of hydrogen-bond acceptors (Lipinski definition) is 5. The summed E-state index contributed by atoms with van der Waals surface area (Å²) in [5, 5.41) is 6.46. The van der Waals surface area contributed by atoms with Gasteiger partial charge in [-0.05, 0) is 18.2 Å². The molecule has 1 aromatic heterocycles. The zero-order valence-corrected chi connectivity index (χ0v) is 15.8. The minimum atomic E-state index is 0.647. The van der Waals surface area contributed by atoms with Crippen molar-refractivity contribution in [1.82, 2.24) is 14.6 Å². The Morgan fingerprint density at radius 1 is 1.12 bits per heavy atom. The molecule has 0 fully saturated rings. The molecule has 0 spiro atoms. The fraction of sp³-hybridized carbons (Fsp3) is 0.200. The van der Waals surface area contributed by atoms with E-state index in [1.807, 2.05) is 67.3 Å². The van der Waals surface area contributed by atoms with E-state index in [0.717, 1.165) is 22.9 Å². The third kappa shape index (κ3) is 4.89. The van der Waals surface area contributed by atoms with Crippen molar-refractivity contribution in [1.29, 1.82) is 0 Å². The van der Waals surface area contributed by atoms with Gasteiger partial charge in [0.25, 0.3) is 0 Å². The van der Waals surface area contributed by atoms with Crippen LogP contribution >= 0.6 is 11.8 Å². The van der Waals surface area contributed by atoms with Crippen molar-refractivity contribution < 1.29 is 4.74 Å². The molecule has 3 aromatic rings. The van der Waals surface area contributed by atoms with Crippen LogP contribution in [0.15, 0.2) is 83.3 Å². The van der Waals surface area contributed by atoms with Crippen LogP contribution in [0.5, 0.6) is 5.75 Å². The van der Waals surface area contributed by atoms with Crippen molar-refractivity contribution in [3.05, 3.63) is 78.9 Å². The molecule has 0 radical (unpaired) electrons. The number of hydrazone groups is 1. The molecule has 5 nitrogen and oxygen atoms in total. The second-order valence-corrected chi connectivity index (χ2v) is 6.88. The van der Waals surface area contributed by atoms with Crippen molar-refractivity contribution in [3.63, 3.8) is 0 Å².